The van der Waals surface area contributed by atoms with E-state index in [-0.39, 0.29) is 0 Å². The van der Waals surface area contributed by atoms with Gasteiger partial charge in [-0.2, -0.15) is 0 Å². The molecule has 0 bridgehead atoms. The minimum Gasteiger partial charge on any atom is -0.390 e. The van der Waals surface area contributed by atoms with Crippen LogP contribution in [0.2, 0.25) is 0 Å². The molecule has 2 unspecified atom stereocenters. The van der Waals surface area contributed by atoms with Crippen molar-refractivity contribution in [1.82, 2.24) is 0 Å². The largest absolute Gasteiger partial charge is 0.390 e. The van der Waals surface area contributed by atoms with Gasteiger partial charge >= 0.3 is 0 Å². The molecule has 0 aliphatic carbocycles. The van der Waals surface area contributed by atoms with Gasteiger partial charge in [0, 0.05) is 0 Å². The van der Waals surface area contributed by atoms with E-state index in [9.17, 15) is 0 Å². The summed E-state index contributed by atoms with van der Waals surface area (Å²) in [5.74, 6) is 19.6. The fourth-order valence-electron chi connectivity index (χ4n) is 0.418. The van der Waals surface area contributed by atoms with E-state index in [4.69, 9.17) is 10.2 Å². The van der Waals surface area contributed by atoms with Crippen molar-refractivity contribution in [1.29, 1.82) is 0 Å². The third-order valence-electron chi connectivity index (χ3n) is 1.11. The van der Waals surface area contributed by atoms with Gasteiger partial charge in [0.25, 0.3) is 0 Å². The van der Waals surface area contributed by atoms with Gasteiger partial charge in [-0.3, -0.25) is 0 Å². The van der Waals surface area contributed by atoms with Gasteiger partial charge in [-0.15, -0.1) is 0 Å². The molecule has 0 aromatic rings. The van der Waals surface area contributed by atoms with Crippen LogP contribution in [0, 0.1) is 47.4 Å². The van der Waals surface area contributed by atoms with Gasteiger partial charge in [0.2, 0.25) is 0 Å². The van der Waals surface area contributed by atoms with Crippen molar-refractivity contribution in [2.75, 3.05) is 0 Å². The Labute approximate surface area is 84.3 Å². The summed E-state index contributed by atoms with van der Waals surface area (Å²) in [7, 11) is 0. The molecule has 0 aromatic carbocycles. The molecular weight excluding hydrogens is 176 g/mol. The Kier molecular flexibility index (Phi) is 6.77. The standard InChI is InChI=1S/C12H10O2/c1-3-4-5-6-7-8-9-10-12(14)11(2)13/h11-14H,1-2H3. The van der Waals surface area contributed by atoms with Crippen molar-refractivity contribution in [3.8, 4) is 47.4 Å². The average molecular weight is 186 g/mol. The second-order valence-corrected chi connectivity index (χ2v) is 2.33. The zero-order chi connectivity index (χ0) is 10.8. The van der Waals surface area contributed by atoms with Crippen molar-refractivity contribution < 1.29 is 10.2 Å². The Hall–Kier alpha value is -1.84. The number of aliphatic hydroxyl groups is 2. The van der Waals surface area contributed by atoms with Crippen LogP contribution in [0.15, 0.2) is 0 Å². The van der Waals surface area contributed by atoms with Gasteiger partial charge < -0.3 is 10.2 Å². The van der Waals surface area contributed by atoms with Crippen molar-refractivity contribution >= 4 is 0 Å². The lowest BCUT2D eigenvalue weighted by molar-refractivity contribution is 0.0678. The van der Waals surface area contributed by atoms with E-state index in [1.54, 1.807) is 6.92 Å². The predicted molar refractivity (Wildman–Crippen MR) is 54.5 cm³/mol. The van der Waals surface area contributed by atoms with E-state index in [1.165, 1.54) is 6.92 Å². The van der Waals surface area contributed by atoms with Crippen LogP contribution in [0.5, 0.6) is 0 Å². The molecule has 2 N–H and O–H groups in total. The first kappa shape index (κ1) is 12.2. The number of aliphatic hydroxyl groups excluding tert-OH is 2. The fraction of sp³-hybridized carbons (Fsp3) is 0.333. The molecule has 0 amide bonds. The van der Waals surface area contributed by atoms with E-state index in [2.05, 4.69) is 47.4 Å². The summed E-state index contributed by atoms with van der Waals surface area (Å²) in [5.41, 5.74) is 0. The van der Waals surface area contributed by atoms with Crippen molar-refractivity contribution in [2.45, 2.75) is 26.1 Å². The number of hydrogen-bond acceptors (Lipinski definition) is 2. The van der Waals surface area contributed by atoms with E-state index in [1.807, 2.05) is 0 Å². The van der Waals surface area contributed by atoms with Crippen LogP contribution < -0.4 is 0 Å². The maximum absolute atomic E-state index is 9.02. The van der Waals surface area contributed by atoms with Crippen LogP contribution >= 0.6 is 0 Å². The first-order valence-electron chi connectivity index (χ1n) is 3.97. The van der Waals surface area contributed by atoms with Gasteiger partial charge in [0.15, 0.2) is 0 Å². The SMILES string of the molecule is CC#CC#CC#CC#CC(O)C(C)O. The van der Waals surface area contributed by atoms with Crippen molar-refractivity contribution in [3.63, 3.8) is 0 Å². The van der Waals surface area contributed by atoms with E-state index >= 15 is 0 Å². The number of rotatable bonds is 1. The van der Waals surface area contributed by atoms with E-state index in [0.29, 0.717) is 0 Å². The molecule has 0 aliphatic rings. The Morgan fingerprint density at radius 2 is 1.36 bits per heavy atom. The third kappa shape index (κ3) is 6.84. The lowest BCUT2D eigenvalue weighted by Gasteiger charge is -2.03. The molecule has 2 heteroatoms. The minimum atomic E-state index is -1.06. The molecule has 0 fully saturated rings. The predicted octanol–water partition coefficient (Wildman–Crippen LogP) is -0.238. The van der Waals surface area contributed by atoms with Gasteiger partial charge in [-0.25, -0.2) is 0 Å². The quantitative estimate of drug-likeness (QED) is 0.555. The molecule has 2 nitrogen and oxygen atoms in total. The maximum atomic E-state index is 9.02. The van der Waals surface area contributed by atoms with E-state index < -0.39 is 12.2 Å². The van der Waals surface area contributed by atoms with Gasteiger partial charge in [0.05, 0.1) is 6.10 Å². The maximum Gasteiger partial charge on any atom is 0.141 e. The van der Waals surface area contributed by atoms with Crippen LogP contribution in [-0.2, 0) is 0 Å². The molecule has 0 rings (SSSR count). The van der Waals surface area contributed by atoms with Crippen LogP contribution in [0.3, 0.4) is 0 Å². The van der Waals surface area contributed by atoms with Crippen LogP contribution in [-0.4, -0.2) is 22.4 Å². The molecule has 0 heterocycles. The summed E-state index contributed by atoms with van der Waals surface area (Å²) in [6.07, 6.45) is -1.94. The molecule has 0 saturated heterocycles. The summed E-state index contributed by atoms with van der Waals surface area (Å²) in [5, 5.41) is 17.9. The second-order valence-electron chi connectivity index (χ2n) is 2.33. The average Bonchev–Trinajstić information content (AvgIpc) is 2.16. The zero-order valence-corrected chi connectivity index (χ0v) is 8.05. The third-order valence-corrected chi connectivity index (χ3v) is 1.11. The topological polar surface area (TPSA) is 40.5 Å². The van der Waals surface area contributed by atoms with Crippen LogP contribution in [0.1, 0.15) is 13.8 Å². The van der Waals surface area contributed by atoms with E-state index in [0.717, 1.165) is 0 Å². The summed E-state index contributed by atoms with van der Waals surface area (Å²) < 4.78 is 0. The highest BCUT2D eigenvalue weighted by Crippen LogP contribution is 1.87. The fourth-order valence-corrected chi connectivity index (χ4v) is 0.418. The zero-order valence-electron chi connectivity index (χ0n) is 8.05. The molecule has 14 heavy (non-hydrogen) atoms. The summed E-state index contributed by atoms with van der Waals surface area (Å²) in [6, 6.07) is 0. The molecule has 2 atom stereocenters. The Balaban J connectivity index is 4.15. The highest BCUT2D eigenvalue weighted by atomic mass is 16.3. The smallest absolute Gasteiger partial charge is 0.141 e. The normalized spacial score (nSPS) is 10.9. The molecule has 0 aromatic heterocycles. The van der Waals surface area contributed by atoms with Gasteiger partial charge in [-0.05, 0) is 49.4 Å². The van der Waals surface area contributed by atoms with Crippen LogP contribution in [0.4, 0.5) is 0 Å². The van der Waals surface area contributed by atoms with Crippen molar-refractivity contribution in [3.05, 3.63) is 0 Å². The Morgan fingerprint density at radius 1 is 0.857 bits per heavy atom. The minimum absolute atomic E-state index is 0.874. The number of hydrogen-bond donors (Lipinski definition) is 2. The Bertz CT molecular complexity index is 402. The second kappa shape index (κ2) is 7.79. The highest BCUT2D eigenvalue weighted by Gasteiger charge is 2.04. The Morgan fingerprint density at radius 3 is 1.86 bits per heavy atom. The summed E-state index contributed by atoms with van der Waals surface area (Å²) >= 11 is 0. The first-order valence-corrected chi connectivity index (χ1v) is 3.97. The summed E-state index contributed by atoms with van der Waals surface area (Å²) in [4.78, 5) is 0. The molecule has 0 radical (unpaired) electrons. The summed E-state index contributed by atoms with van der Waals surface area (Å²) in [6.45, 7) is 3.13. The molecule has 70 valence electrons. The van der Waals surface area contributed by atoms with Crippen LogP contribution in [0.25, 0.3) is 0 Å². The lowest BCUT2D eigenvalue weighted by atomic mass is 10.2. The highest BCUT2D eigenvalue weighted by molar-refractivity contribution is 5.40. The molecule has 0 aliphatic heterocycles. The molecule has 0 spiro atoms. The molecular formula is C12H10O2. The van der Waals surface area contributed by atoms with Crippen molar-refractivity contribution in [2.24, 2.45) is 0 Å². The monoisotopic (exact) mass is 186 g/mol. The first-order chi connectivity index (χ1) is 6.68. The van der Waals surface area contributed by atoms with Gasteiger partial charge in [0.1, 0.15) is 6.10 Å². The lowest BCUT2D eigenvalue weighted by Crippen LogP contribution is -2.19. The van der Waals surface area contributed by atoms with Gasteiger partial charge in [-0.1, -0.05) is 11.8 Å². The molecule has 0 saturated carbocycles.